The number of nitrogens with two attached hydrogens (primary N) is 1. The second-order valence-electron chi connectivity index (χ2n) is 5.89. The van der Waals surface area contributed by atoms with Crippen molar-refractivity contribution in [2.24, 2.45) is 0 Å². The summed E-state index contributed by atoms with van der Waals surface area (Å²) in [6.45, 7) is 2.19. The quantitative estimate of drug-likeness (QED) is 0.738. The molecule has 0 spiro atoms. The first-order valence-electron chi connectivity index (χ1n) is 7.80. The van der Waals surface area contributed by atoms with Crippen LogP contribution in [-0.2, 0) is 19.3 Å². The van der Waals surface area contributed by atoms with Gasteiger partial charge in [0.05, 0.1) is 5.52 Å². The normalized spacial score (nSPS) is 14.6. The highest BCUT2D eigenvalue weighted by Crippen LogP contribution is 2.37. The Morgan fingerprint density at radius 2 is 2.18 bits per heavy atom. The first kappa shape index (κ1) is 13.7. The maximum atomic E-state index is 12.3. The van der Waals surface area contributed by atoms with E-state index in [0.29, 0.717) is 4.70 Å². The molecule has 0 aliphatic heterocycles. The Kier molecular flexibility index (Phi) is 3.14. The molecule has 1 aliphatic rings. The highest BCUT2D eigenvalue weighted by atomic mass is 32.1. The van der Waals surface area contributed by atoms with Crippen LogP contribution in [0.2, 0.25) is 0 Å². The molecule has 0 fully saturated rings. The van der Waals surface area contributed by atoms with Gasteiger partial charge in [-0.1, -0.05) is 13.3 Å². The summed E-state index contributed by atoms with van der Waals surface area (Å²) >= 11 is 1.43. The molecule has 3 aromatic rings. The maximum Gasteiger partial charge on any atom is 0.289 e. The van der Waals surface area contributed by atoms with Gasteiger partial charge >= 0.3 is 0 Å². The zero-order valence-electron chi connectivity index (χ0n) is 12.6. The molecular weight excluding hydrogens is 296 g/mol. The van der Waals surface area contributed by atoms with E-state index in [1.54, 1.807) is 0 Å². The molecule has 0 radical (unpaired) electrons. The summed E-state index contributed by atoms with van der Waals surface area (Å²) < 4.78 is 1.67. The van der Waals surface area contributed by atoms with Crippen LogP contribution < -0.4 is 11.4 Å². The Morgan fingerprint density at radius 3 is 3.00 bits per heavy atom. The average molecular weight is 314 g/mol. The highest BCUT2D eigenvalue weighted by Gasteiger charge is 2.22. The molecule has 0 atom stereocenters. The minimum atomic E-state index is -0.187. The number of pyridine rings is 1. The van der Waals surface area contributed by atoms with Crippen molar-refractivity contribution >= 4 is 31.8 Å². The summed E-state index contributed by atoms with van der Waals surface area (Å²) in [7, 11) is 0. The zero-order valence-corrected chi connectivity index (χ0v) is 13.4. The molecule has 0 saturated carbocycles. The third kappa shape index (κ3) is 1.86. The Bertz CT molecular complexity index is 941. The van der Waals surface area contributed by atoms with E-state index in [-0.39, 0.29) is 5.56 Å². The minimum Gasteiger partial charge on any atom is -0.335 e. The number of hydrogen-bond donors (Lipinski definition) is 1. The van der Waals surface area contributed by atoms with Crippen molar-refractivity contribution in [2.75, 3.05) is 5.84 Å². The number of aromatic nitrogens is 3. The molecule has 0 bridgehead atoms. The Hall–Kier alpha value is -1.95. The predicted octanol–water partition coefficient (Wildman–Crippen LogP) is 2.55. The van der Waals surface area contributed by atoms with E-state index in [2.05, 4.69) is 11.9 Å². The van der Waals surface area contributed by atoms with Gasteiger partial charge in [-0.05, 0) is 43.2 Å². The monoisotopic (exact) mass is 314 g/mol. The van der Waals surface area contributed by atoms with Crippen LogP contribution in [0.15, 0.2) is 11.1 Å². The number of thiophene rings is 1. The number of nitrogen functional groups attached to an aromatic ring is 1. The molecule has 0 saturated heterocycles. The van der Waals surface area contributed by atoms with Crippen molar-refractivity contribution in [1.29, 1.82) is 0 Å². The van der Waals surface area contributed by atoms with Gasteiger partial charge in [0.25, 0.3) is 5.56 Å². The van der Waals surface area contributed by atoms with Gasteiger partial charge in [-0.2, -0.15) is 0 Å². The standard InChI is InChI=1S/C16H18N4OS/c1-2-5-10-9-6-3-4-7-11(9)19-15-12(10)13-14(22-15)16(21)20(17)8-18-13/h8H,2-7,17H2,1H3. The van der Waals surface area contributed by atoms with Gasteiger partial charge in [-0.15, -0.1) is 11.3 Å². The van der Waals surface area contributed by atoms with E-state index in [1.807, 2.05) is 0 Å². The van der Waals surface area contributed by atoms with Gasteiger partial charge in [0.2, 0.25) is 0 Å². The molecule has 3 heterocycles. The van der Waals surface area contributed by atoms with Crippen molar-refractivity contribution in [3.63, 3.8) is 0 Å². The molecule has 2 N–H and O–H groups in total. The van der Waals surface area contributed by atoms with Crippen molar-refractivity contribution < 1.29 is 0 Å². The Balaban J connectivity index is 2.17. The summed E-state index contributed by atoms with van der Waals surface area (Å²) in [6.07, 6.45) is 8.07. The molecule has 0 amide bonds. The van der Waals surface area contributed by atoms with E-state index < -0.39 is 0 Å². The van der Waals surface area contributed by atoms with Gasteiger partial charge in [0, 0.05) is 11.1 Å². The van der Waals surface area contributed by atoms with Gasteiger partial charge in [0.15, 0.2) is 0 Å². The third-order valence-electron chi connectivity index (χ3n) is 4.45. The molecule has 3 aromatic heterocycles. The number of fused-ring (bicyclic) bond motifs is 4. The molecular formula is C16H18N4OS. The third-order valence-corrected chi connectivity index (χ3v) is 5.51. The zero-order chi connectivity index (χ0) is 15.3. The summed E-state index contributed by atoms with van der Waals surface area (Å²) in [4.78, 5) is 22.5. The van der Waals surface area contributed by atoms with Crippen LogP contribution in [-0.4, -0.2) is 14.6 Å². The summed E-state index contributed by atoms with van der Waals surface area (Å²) in [5, 5.41) is 1.08. The van der Waals surface area contributed by atoms with E-state index >= 15 is 0 Å². The topological polar surface area (TPSA) is 73.8 Å². The Morgan fingerprint density at radius 1 is 1.36 bits per heavy atom. The van der Waals surface area contributed by atoms with E-state index in [0.717, 1.165) is 46.1 Å². The van der Waals surface area contributed by atoms with Crippen LogP contribution in [0.3, 0.4) is 0 Å². The smallest absolute Gasteiger partial charge is 0.289 e. The predicted molar refractivity (Wildman–Crippen MR) is 90.0 cm³/mol. The van der Waals surface area contributed by atoms with Crippen LogP contribution in [0.1, 0.15) is 43.0 Å². The number of hydrogen-bond acceptors (Lipinski definition) is 5. The first-order valence-corrected chi connectivity index (χ1v) is 8.62. The number of nitrogens with zero attached hydrogens (tertiary/aromatic N) is 3. The van der Waals surface area contributed by atoms with E-state index in [1.165, 1.54) is 47.3 Å². The lowest BCUT2D eigenvalue weighted by molar-refractivity contribution is 0.663. The fourth-order valence-corrected chi connectivity index (χ4v) is 4.57. The summed E-state index contributed by atoms with van der Waals surface area (Å²) in [6, 6.07) is 0. The molecule has 22 heavy (non-hydrogen) atoms. The number of rotatable bonds is 2. The van der Waals surface area contributed by atoms with E-state index in [4.69, 9.17) is 10.8 Å². The van der Waals surface area contributed by atoms with Crippen molar-refractivity contribution in [2.45, 2.75) is 45.4 Å². The lowest BCUT2D eigenvalue weighted by Gasteiger charge is -2.19. The fourth-order valence-electron chi connectivity index (χ4n) is 3.46. The van der Waals surface area contributed by atoms with Gasteiger partial charge in [-0.25, -0.2) is 14.6 Å². The van der Waals surface area contributed by atoms with Crippen molar-refractivity contribution in [1.82, 2.24) is 14.6 Å². The molecule has 5 nitrogen and oxygen atoms in total. The van der Waals surface area contributed by atoms with Crippen LogP contribution in [0, 0.1) is 0 Å². The van der Waals surface area contributed by atoms with Crippen LogP contribution in [0.25, 0.3) is 20.4 Å². The average Bonchev–Trinajstić information content (AvgIpc) is 2.90. The molecule has 114 valence electrons. The molecule has 4 rings (SSSR count). The fraction of sp³-hybridized carbons (Fsp3) is 0.438. The second-order valence-corrected chi connectivity index (χ2v) is 6.89. The van der Waals surface area contributed by atoms with E-state index in [9.17, 15) is 4.79 Å². The second kappa shape index (κ2) is 5.05. The maximum absolute atomic E-state index is 12.3. The van der Waals surface area contributed by atoms with Gasteiger partial charge in [-0.3, -0.25) is 4.79 Å². The lowest BCUT2D eigenvalue weighted by Crippen LogP contribution is -2.26. The van der Waals surface area contributed by atoms with Crippen LogP contribution in [0.4, 0.5) is 0 Å². The number of aryl methyl sites for hydroxylation is 2. The molecule has 0 unspecified atom stereocenters. The van der Waals surface area contributed by atoms with Crippen LogP contribution in [0.5, 0.6) is 0 Å². The SMILES string of the molecule is CCCc1c2c(nc3sc4c(=O)n(N)cnc4c13)CCCC2. The minimum absolute atomic E-state index is 0.187. The van der Waals surface area contributed by atoms with Gasteiger partial charge in [0.1, 0.15) is 15.9 Å². The Labute approximate surface area is 131 Å². The van der Waals surface area contributed by atoms with Crippen LogP contribution >= 0.6 is 11.3 Å². The van der Waals surface area contributed by atoms with Crippen molar-refractivity contribution in [3.8, 4) is 0 Å². The molecule has 0 aromatic carbocycles. The lowest BCUT2D eigenvalue weighted by atomic mass is 9.89. The summed E-state index contributed by atoms with van der Waals surface area (Å²) in [5.41, 5.74) is 4.57. The van der Waals surface area contributed by atoms with Crippen molar-refractivity contribution in [3.05, 3.63) is 33.5 Å². The highest BCUT2D eigenvalue weighted by molar-refractivity contribution is 7.25. The molecule has 6 heteroatoms. The largest absolute Gasteiger partial charge is 0.335 e. The first-order chi connectivity index (χ1) is 10.7. The summed E-state index contributed by atoms with van der Waals surface area (Å²) in [5.74, 6) is 5.65. The molecule has 1 aliphatic carbocycles. The van der Waals surface area contributed by atoms with Gasteiger partial charge < -0.3 is 5.84 Å².